The number of para-hydroxylation sites is 1. The summed E-state index contributed by atoms with van der Waals surface area (Å²) < 4.78 is 11.5. The van der Waals surface area contributed by atoms with Gasteiger partial charge in [0.15, 0.2) is 0 Å². The molecular weight excluding hydrogens is 366 g/mol. The van der Waals surface area contributed by atoms with E-state index in [0.29, 0.717) is 19.0 Å². The highest BCUT2D eigenvalue weighted by molar-refractivity contribution is 5.87. The number of aromatic carboxylic acids is 1. The first kappa shape index (κ1) is 18.5. The summed E-state index contributed by atoms with van der Waals surface area (Å²) in [7, 11) is 0. The standard InChI is InChI=1S/C24H19NO4/c26-24(27)19-8-13-22(14-9-19)28-15-17-5-11-21(12-6-17)29-16-20-10-7-18-3-1-2-4-23(18)25-20/h1-14H,15-16H2,(H,26,27). The van der Waals surface area contributed by atoms with E-state index in [1.165, 1.54) is 12.1 Å². The molecule has 0 amide bonds. The van der Waals surface area contributed by atoms with Gasteiger partial charge in [-0.05, 0) is 54.1 Å². The van der Waals surface area contributed by atoms with Gasteiger partial charge in [0, 0.05) is 5.39 Å². The van der Waals surface area contributed by atoms with Gasteiger partial charge in [-0.2, -0.15) is 0 Å². The first-order chi connectivity index (χ1) is 14.2. The lowest BCUT2D eigenvalue weighted by molar-refractivity contribution is 0.0697. The summed E-state index contributed by atoms with van der Waals surface area (Å²) in [5, 5.41) is 10.0. The average molecular weight is 385 g/mol. The topological polar surface area (TPSA) is 68.7 Å². The fraction of sp³-hybridized carbons (Fsp3) is 0.0833. The van der Waals surface area contributed by atoms with Gasteiger partial charge in [-0.3, -0.25) is 0 Å². The number of hydrogen-bond donors (Lipinski definition) is 1. The summed E-state index contributed by atoms with van der Waals surface area (Å²) >= 11 is 0. The smallest absolute Gasteiger partial charge is 0.335 e. The van der Waals surface area contributed by atoms with E-state index in [4.69, 9.17) is 14.6 Å². The van der Waals surface area contributed by atoms with Crippen molar-refractivity contribution in [3.8, 4) is 11.5 Å². The number of hydrogen-bond acceptors (Lipinski definition) is 4. The third kappa shape index (κ3) is 4.71. The van der Waals surface area contributed by atoms with E-state index < -0.39 is 5.97 Å². The molecule has 0 bridgehead atoms. The minimum absolute atomic E-state index is 0.236. The van der Waals surface area contributed by atoms with E-state index >= 15 is 0 Å². The summed E-state index contributed by atoms with van der Waals surface area (Å²) in [5.74, 6) is 0.429. The highest BCUT2D eigenvalue weighted by atomic mass is 16.5. The van der Waals surface area contributed by atoms with Gasteiger partial charge in [0.05, 0.1) is 16.8 Å². The van der Waals surface area contributed by atoms with E-state index in [1.807, 2.05) is 60.7 Å². The van der Waals surface area contributed by atoms with Gasteiger partial charge < -0.3 is 14.6 Å². The Hall–Kier alpha value is -3.86. The molecule has 1 N–H and O–H groups in total. The maximum atomic E-state index is 10.9. The zero-order valence-corrected chi connectivity index (χ0v) is 15.6. The van der Waals surface area contributed by atoms with Crippen LogP contribution in [0.25, 0.3) is 10.9 Å². The summed E-state index contributed by atoms with van der Waals surface area (Å²) in [6.07, 6.45) is 0. The van der Waals surface area contributed by atoms with Crippen LogP contribution in [0.2, 0.25) is 0 Å². The van der Waals surface area contributed by atoms with Crippen molar-refractivity contribution in [1.82, 2.24) is 4.98 Å². The van der Waals surface area contributed by atoms with Crippen molar-refractivity contribution < 1.29 is 19.4 Å². The van der Waals surface area contributed by atoms with Crippen LogP contribution in [-0.2, 0) is 13.2 Å². The molecule has 0 saturated carbocycles. The Morgan fingerprint density at radius 3 is 2.14 bits per heavy atom. The van der Waals surface area contributed by atoms with Crippen LogP contribution in [0.15, 0.2) is 84.9 Å². The van der Waals surface area contributed by atoms with Crippen LogP contribution >= 0.6 is 0 Å². The van der Waals surface area contributed by atoms with Crippen LogP contribution in [-0.4, -0.2) is 16.1 Å². The lowest BCUT2D eigenvalue weighted by atomic mass is 10.2. The van der Waals surface area contributed by atoms with Crippen LogP contribution in [0.1, 0.15) is 21.6 Å². The Morgan fingerprint density at radius 2 is 1.41 bits per heavy atom. The molecule has 5 nitrogen and oxygen atoms in total. The number of ether oxygens (including phenoxy) is 2. The molecule has 144 valence electrons. The van der Waals surface area contributed by atoms with Gasteiger partial charge in [-0.25, -0.2) is 9.78 Å². The Balaban J connectivity index is 1.32. The van der Waals surface area contributed by atoms with Crippen LogP contribution in [0.3, 0.4) is 0 Å². The molecular formula is C24H19NO4. The second-order valence-electron chi connectivity index (χ2n) is 6.55. The molecule has 3 aromatic carbocycles. The van der Waals surface area contributed by atoms with Crippen molar-refractivity contribution in [2.75, 3.05) is 0 Å². The number of nitrogens with zero attached hydrogens (tertiary/aromatic N) is 1. The Kier molecular flexibility index (Phi) is 5.38. The maximum Gasteiger partial charge on any atom is 0.335 e. The Morgan fingerprint density at radius 1 is 0.759 bits per heavy atom. The second-order valence-corrected chi connectivity index (χ2v) is 6.55. The zero-order valence-electron chi connectivity index (χ0n) is 15.6. The van der Waals surface area contributed by atoms with E-state index in [2.05, 4.69) is 4.98 Å². The predicted molar refractivity (Wildman–Crippen MR) is 110 cm³/mol. The number of carbonyl (C=O) groups is 1. The van der Waals surface area contributed by atoms with Crippen LogP contribution < -0.4 is 9.47 Å². The second kappa shape index (κ2) is 8.44. The van der Waals surface area contributed by atoms with Crippen molar-refractivity contribution >= 4 is 16.9 Å². The molecule has 0 fully saturated rings. The number of carboxylic acids is 1. The number of benzene rings is 3. The summed E-state index contributed by atoms with van der Waals surface area (Å²) in [6.45, 7) is 0.787. The van der Waals surface area contributed by atoms with Gasteiger partial charge in [-0.1, -0.05) is 36.4 Å². The largest absolute Gasteiger partial charge is 0.489 e. The van der Waals surface area contributed by atoms with Gasteiger partial charge in [0.2, 0.25) is 0 Å². The third-order valence-electron chi connectivity index (χ3n) is 4.47. The number of rotatable bonds is 7. The SMILES string of the molecule is O=C(O)c1ccc(OCc2ccc(OCc3ccc4ccccc4n3)cc2)cc1. The van der Waals surface area contributed by atoms with E-state index in [1.54, 1.807) is 12.1 Å². The van der Waals surface area contributed by atoms with Gasteiger partial charge in [-0.15, -0.1) is 0 Å². The number of fused-ring (bicyclic) bond motifs is 1. The zero-order chi connectivity index (χ0) is 20.1. The summed E-state index contributed by atoms with van der Waals surface area (Å²) in [5.41, 5.74) is 3.06. The summed E-state index contributed by atoms with van der Waals surface area (Å²) in [6, 6.07) is 26.0. The molecule has 4 rings (SSSR count). The molecule has 4 aromatic rings. The Labute approximate surface area is 168 Å². The first-order valence-corrected chi connectivity index (χ1v) is 9.20. The highest BCUT2D eigenvalue weighted by Crippen LogP contribution is 2.18. The number of aromatic nitrogens is 1. The average Bonchev–Trinajstić information content (AvgIpc) is 2.77. The molecule has 0 atom stereocenters. The van der Waals surface area contributed by atoms with Crippen LogP contribution in [0, 0.1) is 0 Å². The molecule has 0 spiro atoms. The predicted octanol–water partition coefficient (Wildman–Crippen LogP) is 5.09. The minimum Gasteiger partial charge on any atom is -0.489 e. The lowest BCUT2D eigenvalue weighted by Crippen LogP contribution is -2.00. The molecule has 0 unspecified atom stereocenters. The summed E-state index contributed by atoms with van der Waals surface area (Å²) in [4.78, 5) is 15.5. The molecule has 1 aromatic heterocycles. The van der Waals surface area contributed by atoms with Crippen LogP contribution in [0.4, 0.5) is 0 Å². The van der Waals surface area contributed by atoms with Crippen molar-refractivity contribution in [3.05, 3.63) is 102 Å². The molecule has 5 heteroatoms. The number of pyridine rings is 1. The third-order valence-corrected chi connectivity index (χ3v) is 4.47. The molecule has 0 aliphatic rings. The van der Waals surface area contributed by atoms with Crippen molar-refractivity contribution in [2.24, 2.45) is 0 Å². The van der Waals surface area contributed by atoms with Gasteiger partial charge in [0.25, 0.3) is 0 Å². The quantitative estimate of drug-likeness (QED) is 0.480. The molecule has 29 heavy (non-hydrogen) atoms. The van der Waals surface area contributed by atoms with E-state index in [-0.39, 0.29) is 5.56 Å². The van der Waals surface area contributed by atoms with E-state index in [0.717, 1.165) is 27.9 Å². The molecule has 1 heterocycles. The first-order valence-electron chi connectivity index (χ1n) is 9.20. The monoisotopic (exact) mass is 385 g/mol. The van der Waals surface area contributed by atoms with Crippen molar-refractivity contribution in [2.45, 2.75) is 13.2 Å². The molecule has 0 aliphatic heterocycles. The fourth-order valence-corrected chi connectivity index (χ4v) is 2.89. The molecule has 0 radical (unpaired) electrons. The van der Waals surface area contributed by atoms with Crippen molar-refractivity contribution in [1.29, 1.82) is 0 Å². The van der Waals surface area contributed by atoms with Crippen LogP contribution in [0.5, 0.6) is 11.5 Å². The normalized spacial score (nSPS) is 10.6. The number of carboxylic acid groups (broad SMARTS) is 1. The van der Waals surface area contributed by atoms with Crippen molar-refractivity contribution in [3.63, 3.8) is 0 Å². The lowest BCUT2D eigenvalue weighted by Gasteiger charge is -2.09. The van der Waals surface area contributed by atoms with Gasteiger partial charge >= 0.3 is 5.97 Å². The molecule has 0 saturated heterocycles. The highest BCUT2D eigenvalue weighted by Gasteiger charge is 2.03. The Bertz CT molecular complexity index is 1120. The molecule has 0 aliphatic carbocycles. The maximum absolute atomic E-state index is 10.9. The van der Waals surface area contributed by atoms with E-state index in [9.17, 15) is 4.79 Å². The van der Waals surface area contributed by atoms with Gasteiger partial charge in [0.1, 0.15) is 24.7 Å². The fourth-order valence-electron chi connectivity index (χ4n) is 2.89. The minimum atomic E-state index is -0.953.